The molecule has 0 fully saturated rings. The third-order valence-electron chi connectivity index (χ3n) is 3.45. The lowest BCUT2D eigenvalue weighted by Gasteiger charge is -2.19. The maximum Gasteiger partial charge on any atom is 0.125 e. The minimum Gasteiger partial charge on any atom is -0.493 e. The molecule has 17 heavy (non-hydrogen) atoms. The van der Waals surface area contributed by atoms with Crippen LogP contribution in [0.5, 0.6) is 5.75 Å². The van der Waals surface area contributed by atoms with Gasteiger partial charge in [0.2, 0.25) is 0 Å². The minimum atomic E-state index is 0.627. The van der Waals surface area contributed by atoms with Crippen LogP contribution in [0.25, 0.3) is 0 Å². The second-order valence-corrected chi connectivity index (χ2v) is 6.10. The highest BCUT2D eigenvalue weighted by atomic mass is 79.9. The normalized spacial score (nSPS) is 15.8. The molecule has 1 heterocycles. The van der Waals surface area contributed by atoms with Crippen LogP contribution >= 0.6 is 27.5 Å². The van der Waals surface area contributed by atoms with Gasteiger partial charge in [-0.1, -0.05) is 41.4 Å². The highest BCUT2D eigenvalue weighted by Crippen LogP contribution is 2.35. The van der Waals surface area contributed by atoms with E-state index in [0.717, 1.165) is 35.6 Å². The first-order valence-electron chi connectivity index (χ1n) is 6.12. The van der Waals surface area contributed by atoms with Crippen molar-refractivity contribution in [3.8, 4) is 5.75 Å². The van der Waals surface area contributed by atoms with Gasteiger partial charge in [0.05, 0.1) is 6.61 Å². The Kier molecular flexibility index (Phi) is 4.37. The molecular weight excluding hydrogens is 300 g/mol. The van der Waals surface area contributed by atoms with Crippen molar-refractivity contribution in [2.24, 2.45) is 11.8 Å². The third-order valence-corrected chi connectivity index (χ3v) is 4.50. The van der Waals surface area contributed by atoms with Gasteiger partial charge in [-0.05, 0) is 41.5 Å². The van der Waals surface area contributed by atoms with Gasteiger partial charge in [0.1, 0.15) is 5.75 Å². The standard InChI is InChI=1S/C14H18BrClO/c1-9(2)12(8-15)5-11-7-13(16)6-10-3-4-17-14(10)11/h6-7,9,12H,3-5,8H2,1-2H3. The molecule has 2 rings (SSSR count). The lowest BCUT2D eigenvalue weighted by atomic mass is 9.90. The molecular formula is C14H18BrClO. The second-order valence-electron chi connectivity index (χ2n) is 5.01. The Morgan fingerprint density at radius 2 is 2.18 bits per heavy atom. The van der Waals surface area contributed by atoms with Crippen molar-refractivity contribution in [1.29, 1.82) is 0 Å². The van der Waals surface area contributed by atoms with Gasteiger partial charge in [0.25, 0.3) is 0 Å². The summed E-state index contributed by atoms with van der Waals surface area (Å²) in [5.74, 6) is 2.37. The van der Waals surface area contributed by atoms with Crippen LogP contribution in [0.3, 0.4) is 0 Å². The number of halogens is 2. The molecule has 1 aliphatic rings. The fourth-order valence-electron chi connectivity index (χ4n) is 2.25. The van der Waals surface area contributed by atoms with E-state index in [1.807, 2.05) is 6.07 Å². The first-order chi connectivity index (χ1) is 8.11. The first kappa shape index (κ1) is 13.2. The van der Waals surface area contributed by atoms with E-state index in [4.69, 9.17) is 16.3 Å². The van der Waals surface area contributed by atoms with Crippen molar-refractivity contribution < 1.29 is 4.74 Å². The van der Waals surface area contributed by atoms with Crippen LogP contribution in [0.15, 0.2) is 12.1 Å². The zero-order chi connectivity index (χ0) is 12.4. The number of hydrogen-bond donors (Lipinski definition) is 0. The van der Waals surface area contributed by atoms with Crippen molar-refractivity contribution in [3.05, 3.63) is 28.3 Å². The van der Waals surface area contributed by atoms with Crippen LogP contribution < -0.4 is 4.74 Å². The quantitative estimate of drug-likeness (QED) is 0.744. The lowest BCUT2D eigenvalue weighted by molar-refractivity contribution is 0.347. The van der Waals surface area contributed by atoms with Gasteiger partial charge in [-0.25, -0.2) is 0 Å². The summed E-state index contributed by atoms with van der Waals surface area (Å²) in [6, 6.07) is 4.09. The monoisotopic (exact) mass is 316 g/mol. The molecule has 94 valence electrons. The fraction of sp³-hybridized carbons (Fsp3) is 0.571. The van der Waals surface area contributed by atoms with Crippen LogP contribution in [0.2, 0.25) is 5.02 Å². The number of hydrogen-bond acceptors (Lipinski definition) is 1. The molecule has 1 nitrogen and oxygen atoms in total. The molecule has 0 bridgehead atoms. The van der Waals surface area contributed by atoms with Crippen molar-refractivity contribution >= 4 is 27.5 Å². The summed E-state index contributed by atoms with van der Waals surface area (Å²) in [7, 11) is 0. The maximum atomic E-state index is 6.17. The van der Waals surface area contributed by atoms with E-state index in [1.54, 1.807) is 0 Å². The Balaban J connectivity index is 2.26. The van der Waals surface area contributed by atoms with Crippen LogP contribution in [-0.4, -0.2) is 11.9 Å². The average molecular weight is 318 g/mol. The summed E-state index contributed by atoms with van der Waals surface area (Å²) < 4.78 is 5.74. The molecule has 1 aromatic carbocycles. The summed E-state index contributed by atoms with van der Waals surface area (Å²) in [4.78, 5) is 0. The number of rotatable bonds is 4. The van der Waals surface area contributed by atoms with Crippen molar-refractivity contribution in [3.63, 3.8) is 0 Å². The third kappa shape index (κ3) is 2.97. The van der Waals surface area contributed by atoms with Gasteiger partial charge >= 0.3 is 0 Å². The average Bonchev–Trinajstić information content (AvgIpc) is 2.72. The van der Waals surface area contributed by atoms with Crippen molar-refractivity contribution in [2.45, 2.75) is 26.7 Å². The van der Waals surface area contributed by atoms with Gasteiger partial charge in [0, 0.05) is 16.8 Å². The topological polar surface area (TPSA) is 9.23 Å². The Labute approximate surface area is 117 Å². The predicted molar refractivity (Wildman–Crippen MR) is 76.5 cm³/mol. The molecule has 0 aromatic heterocycles. The van der Waals surface area contributed by atoms with Gasteiger partial charge < -0.3 is 4.74 Å². The van der Waals surface area contributed by atoms with Gasteiger partial charge in [-0.15, -0.1) is 0 Å². The van der Waals surface area contributed by atoms with E-state index >= 15 is 0 Å². The number of fused-ring (bicyclic) bond motifs is 1. The molecule has 3 heteroatoms. The first-order valence-corrected chi connectivity index (χ1v) is 7.61. The Bertz CT molecular complexity index is 403. The molecule has 1 aliphatic heterocycles. The van der Waals surface area contributed by atoms with Gasteiger partial charge in [-0.2, -0.15) is 0 Å². The SMILES string of the molecule is CC(C)C(CBr)Cc1cc(Cl)cc2c1OCC2. The molecule has 0 amide bonds. The largest absolute Gasteiger partial charge is 0.493 e. The Morgan fingerprint density at radius 1 is 1.41 bits per heavy atom. The highest BCUT2D eigenvalue weighted by molar-refractivity contribution is 9.09. The Morgan fingerprint density at radius 3 is 2.82 bits per heavy atom. The highest BCUT2D eigenvalue weighted by Gasteiger charge is 2.21. The zero-order valence-electron chi connectivity index (χ0n) is 10.3. The summed E-state index contributed by atoms with van der Waals surface area (Å²) in [6.07, 6.45) is 2.02. The Hall–Kier alpha value is -0.210. The van der Waals surface area contributed by atoms with E-state index in [-0.39, 0.29) is 0 Å². The molecule has 0 saturated carbocycles. The smallest absolute Gasteiger partial charge is 0.125 e. The molecule has 0 spiro atoms. The fourth-order valence-corrected chi connectivity index (χ4v) is 3.49. The van der Waals surface area contributed by atoms with E-state index < -0.39 is 0 Å². The van der Waals surface area contributed by atoms with Crippen molar-refractivity contribution in [1.82, 2.24) is 0 Å². The van der Waals surface area contributed by atoms with E-state index in [0.29, 0.717) is 11.8 Å². The van der Waals surface area contributed by atoms with Crippen LogP contribution in [-0.2, 0) is 12.8 Å². The molecule has 1 aromatic rings. The zero-order valence-corrected chi connectivity index (χ0v) is 12.6. The van der Waals surface area contributed by atoms with E-state index in [1.165, 1.54) is 11.1 Å². The van der Waals surface area contributed by atoms with Crippen LogP contribution in [0.1, 0.15) is 25.0 Å². The maximum absolute atomic E-state index is 6.17. The number of ether oxygens (including phenoxy) is 1. The summed E-state index contributed by atoms with van der Waals surface area (Å²) in [5, 5.41) is 1.85. The summed E-state index contributed by atoms with van der Waals surface area (Å²) in [6.45, 7) is 5.32. The van der Waals surface area contributed by atoms with Crippen molar-refractivity contribution in [2.75, 3.05) is 11.9 Å². The molecule has 0 aliphatic carbocycles. The van der Waals surface area contributed by atoms with E-state index in [2.05, 4.69) is 35.8 Å². The predicted octanol–water partition coefficient (Wildman–Crippen LogP) is 4.48. The van der Waals surface area contributed by atoms with E-state index in [9.17, 15) is 0 Å². The molecule has 0 saturated heterocycles. The minimum absolute atomic E-state index is 0.627. The lowest BCUT2D eigenvalue weighted by Crippen LogP contribution is -2.14. The van der Waals surface area contributed by atoms with Gasteiger partial charge in [0.15, 0.2) is 0 Å². The number of benzene rings is 1. The van der Waals surface area contributed by atoms with Gasteiger partial charge in [-0.3, -0.25) is 0 Å². The molecule has 1 atom stereocenters. The van der Waals surface area contributed by atoms with Crippen LogP contribution in [0, 0.1) is 11.8 Å². The molecule has 0 N–H and O–H groups in total. The summed E-state index contributed by atoms with van der Waals surface area (Å²) >= 11 is 9.77. The molecule has 0 radical (unpaired) electrons. The molecule has 1 unspecified atom stereocenters. The summed E-state index contributed by atoms with van der Waals surface area (Å²) in [5.41, 5.74) is 2.53. The second kappa shape index (κ2) is 5.62. The number of alkyl halides is 1. The van der Waals surface area contributed by atoms with Crippen LogP contribution in [0.4, 0.5) is 0 Å².